The Morgan fingerprint density at radius 1 is 0.941 bits per heavy atom. The van der Waals surface area contributed by atoms with Crippen molar-refractivity contribution in [2.45, 2.75) is 6.04 Å². The molecule has 1 aliphatic heterocycles. The summed E-state index contributed by atoms with van der Waals surface area (Å²) in [7, 11) is 0. The van der Waals surface area contributed by atoms with Gasteiger partial charge in [0.1, 0.15) is 6.61 Å². The van der Waals surface area contributed by atoms with Gasteiger partial charge in [0.2, 0.25) is 0 Å². The molecule has 1 atom stereocenters. The molecule has 34 heavy (non-hydrogen) atoms. The van der Waals surface area contributed by atoms with Gasteiger partial charge in [-0.3, -0.25) is 9.80 Å². The fourth-order valence-electron chi connectivity index (χ4n) is 3.49. The van der Waals surface area contributed by atoms with E-state index < -0.39 is 12.1 Å². The molecule has 1 N–H and O–H groups in total. The summed E-state index contributed by atoms with van der Waals surface area (Å²) >= 11 is 6.08. The standard InChI is InChI=1S/C21H25ClN2O3.CH2O3.Ca.2ClH/c22-19-8-6-18(7-9-19)21(17-4-2-1-3-5-17)24-12-10-23(11-13-24)14-15-27-16-20(25)26;2-1(3)4;;;/h1-9,21H,10-16H2,(H,25,26);(H2,2,3,4);;2*1H/q;;+2;;/p-2. The zero-order valence-corrected chi connectivity index (χ0v) is 23.1. The topological polar surface area (TPSA) is 116 Å². The van der Waals surface area contributed by atoms with Gasteiger partial charge >= 0.3 is 43.7 Å². The monoisotopic (exact) mass is 560 g/mol. The number of carbonyl (C=O) groups is 2. The predicted octanol–water partition coefficient (Wildman–Crippen LogP) is 1.16. The number of carboxylic acids is 1. The van der Waals surface area contributed by atoms with Crippen molar-refractivity contribution in [3.8, 4) is 0 Å². The second-order valence-electron chi connectivity index (χ2n) is 6.94. The van der Waals surface area contributed by atoms with Crippen LogP contribution in [0.3, 0.4) is 0 Å². The number of piperazine rings is 1. The summed E-state index contributed by atoms with van der Waals surface area (Å²) in [5, 5.41) is 26.0. The van der Waals surface area contributed by atoms with Crippen LogP contribution < -0.4 is 10.2 Å². The molecule has 0 bridgehead atoms. The van der Waals surface area contributed by atoms with E-state index in [4.69, 9.17) is 36.5 Å². The Morgan fingerprint density at radius 2 is 1.44 bits per heavy atom. The van der Waals surface area contributed by atoms with Crippen LogP contribution in [0.4, 0.5) is 4.79 Å². The van der Waals surface area contributed by atoms with Gasteiger partial charge in [-0.15, -0.1) is 24.8 Å². The maximum atomic E-state index is 10.5. The molecule has 0 spiro atoms. The molecule has 1 aliphatic rings. The van der Waals surface area contributed by atoms with E-state index in [9.17, 15) is 4.79 Å². The van der Waals surface area contributed by atoms with Gasteiger partial charge in [-0.2, -0.15) is 0 Å². The van der Waals surface area contributed by atoms with Crippen LogP contribution in [0.2, 0.25) is 5.02 Å². The first-order chi connectivity index (χ1) is 14.9. The minimum atomic E-state index is -2.33. The first-order valence-electron chi connectivity index (χ1n) is 9.81. The minimum Gasteiger partial charge on any atom is -0.652 e. The molecular weight excluding hydrogens is 535 g/mol. The number of nitrogens with zero attached hydrogens (tertiary/aromatic N) is 2. The van der Waals surface area contributed by atoms with Crippen LogP contribution in [0, 0.1) is 0 Å². The Hall–Kier alpha value is -0.810. The largest absolute Gasteiger partial charge is 2.00 e. The molecule has 1 unspecified atom stereocenters. The molecular formula is C22H27CaCl3N2O6. The molecule has 1 fully saturated rings. The van der Waals surface area contributed by atoms with Crippen LogP contribution >= 0.6 is 36.4 Å². The molecule has 2 aromatic rings. The van der Waals surface area contributed by atoms with E-state index in [-0.39, 0.29) is 75.2 Å². The van der Waals surface area contributed by atoms with E-state index >= 15 is 0 Å². The fraction of sp³-hybridized carbons (Fsp3) is 0.364. The molecule has 1 saturated heterocycles. The number of carbonyl (C=O) groups excluding carboxylic acids is 1. The number of aliphatic carboxylic acids is 1. The normalized spacial score (nSPS) is 14.1. The number of ether oxygens (including phenoxy) is 1. The first-order valence-corrected chi connectivity index (χ1v) is 10.2. The van der Waals surface area contributed by atoms with Crippen LogP contribution in [0.15, 0.2) is 54.6 Å². The SMILES string of the molecule is Cl.Cl.O=C(O)COCCN1CCN(C(c2ccccc2)c2ccc(Cl)cc2)CC1.O=C([O-])[O-].[Ca+2]. The third kappa shape index (κ3) is 13.3. The van der Waals surface area contributed by atoms with Gasteiger partial charge in [-0.1, -0.05) is 54.1 Å². The Balaban J connectivity index is 0. The predicted molar refractivity (Wildman–Crippen MR) is 132 cm³/mol. The first kappa shape index (κ1) is 35.4. The van der Waals surface area contributed by atoms with Gasteiger partial charge in [0, 0.05) is 37.7 Å². The van der Waals surface area contributed by atoms with Crippen LogP contribution in [0.1, 0.15) is 17.2 Å². The quantitative estimate of drug-likeness (QED) is 0.377. The Bertz CT molecular complexity index is 821. The van der Waals surface area contributed by atoms with Gasteiger partial charge in [0.05, 0.1) is 12.6 Å². The number of benzene rings is 2. The molecule has 8 nitrogen and oxygen atoms in total. The summed E-state index contributed by atoms with van der Waals surface area (Å²) in [6, 6.07) is 18.8. The third-order valence-electron chi connectivity index (χ3n) is 4.85. The van der Waals surface area contributed by atoms with Crippen molar-refractivity contribution < 1.29 is 29.6 Å². The molecule has 0 saturated carbocycles. The summed E-state index contributed by atoms with van der Waals surface area (Å²) in [5.41, 5.74) is 2.52. The average molecular weight is 562 g/mol. The Kier molecular flexibility index (Phi) is 20.2. The van der Waals surface area contributed by atoms with Gasteiger partial charge in [-0.05, 0) is 29.4 Å². The number of rotatable bonds is 8. The van der Waals surface area contributed by atoms with Crippen molar-refractivity contribution in [3.05, 3.63) is 70.7 Å². The fourth-order valence-corrected chi connectivity index (χ4v) is 3.62. The maximum absolute atomic E-state index is 10.5. The molecule has 12 heteroatoms. The van der Waals surface area contributed by atoms with E-state index in [2.05, 4.69) is 46.2 Å². The van der Waals surface area contributed by atoms with Crippen molar-refractivity contribution in [2.24, 2.45) is 0 Å². The van der Waals surface area contributed by atoms with Crippen molar-refractivity contribution in [2.75, 3.05) is 45.9 Å². The molecule has 0 amide bonds. The van der Waals surface area contributed by atoms with Crippen LogP contribution in [0.25, 0.3) is 0 Å². The maximum Gasteiger partial charge on any atom is 2.00 e. The van der Waals surface area contributed by atoms with Crippen molar-refractivity contribution in [1.82, 2.24) is 9.80 Å². The number of hydrogen-bond acceptors (Lipinski definition) is 7. The van der Waals surface area contributed by atoms with E-state index in [0.29, 0.717) is 6.61 Å². The summed E-state index contributed by atoms with van der Waals surface area (Å²) in [6.45, 7) is 4.75. The summed E-state index contributed by atoms with van der Waals surface area (Å²) in [5.74, 6) is -0.923. The molecule has 2 aromatic carbocycles. The van der Waals surface area contributed by atoms with Gasteiger partial charge in [-0.25, -0.2) is 4.79 Å². The van der Waals surface area contributed by atoms with Crippen molar-refractivity contribution >= 4 is 86.3 Å². The van der Waals surface area contributed by atoms with Crippen LogP contribution in [-0.4, -0.2) is 111 Å². The molecule has 0 aliphatic carbocycles. The third-order valence-corrected chi connectivity index (χ3v) is 5.10. The second-order valence-corrected chi connectivity index (χ2v) is 7.38. The zero-order chi connectivity index (χ0) is 22.6. The van der Waals surface area contributed by atoms with Crippen LogP contribution in [-0.2, 0) is 9.53 Å². The van der Waals surface area contributed by atoms with E-state index in [1.54, 1.807) is 0 Å². The van der Waals surface area contributed by atoms with E-state index in [1.165, 1.54) is 11.1 Å². The number of halogens is 3. The second kappa shape index (κ2) is 19.4. The smallest absolute Gasteiger partial charge is 0.652 e. The summed E-state index contributed by atoms with van der Waals surface area (Å²) in [6.07, 6.45) is -2.33. The molecule has 0 aromatic heterocycles. The molecule has 1 heterocycles. The van der Waals surface area contributed by atoms with Gasteiger partial charge in [0.25, 0.3) is 0 Å². The Morgan fingerprint density at radius 3 is 1.94 bits per heavy atom. The van der Waals surface area contributed by atoms with E-state index in [1.807, 2.05) is 18.2 Å². The van der Waals surface area contributed by atoms with E-state index in [0.717, 1.165) is 37.7 Å². The summed E-state index contributed by atoms with van der Waals surface area (Å²) in [4.78, 5) is 23.7. The Labute approximate surface area is 246 Å². The number of hydrogen-bond donors (Lipinski definition) is 1. The molecule has 0 radical (unpaired) electrons. The molecule has 184 valence electrons. The average Bonchev–Trinajstić information content (AvgIpc) is 2.74. The van der Waals surface area contributed by atoms with Gasteiger partial charge in [0.15, 0.2) is 0 Å². The van der Waals surface area contributed by atoms with Crippen molar-refractivity contribution in [3.63, 3.8) is 0 Å². The molecule has 3 rings (SSSR count). The summed E-state index contributed by atoms with van der Waals surface area (Å²) < 4.78 is 5.15. The minimum absolute atomic E-state index is 0. The van der Waals surface area contributed by atoms with Crippen LogP contribution in [0.5, 0.6) is 0 Å². The van der Waals surface area contributed by atoms with Crippen molar-refractivity contribution in [1.29, 1.82) is 0 Å². The number of carboxylic acid groups (broad SMARTS) is 3. The van der Waals surface area contributed by atoms with Gasteiger partial charge < -0.3 is 24.9 Å². The zero-order valence-electron chi connectivity index (χ0n) is 18.5.